The normalized spacial score (nSPS) is 23.7. The molecule has 1 aromatic rings. The molecule has 0 aliphatic heterocycles. The van der Waals surface area contributed by atoms with Crippen molar-refractivity contribution < 1.29 is 4.79 Å². The van der Waals surface area contributed by atoms with Gasteiger partial charge in [0.05, 0.1) is 5.69 Å². The van der Waals surface area contributed by atoms with Gasteiger partial charge in [-0.1, -0.05) is 6.92 Å². The summed E-state index contributed by atoms with van der Waals surface area (Å²) >= 11 is 2.23. The van der Waals surface area contributed by atoms with E-state index in [1.165, 1.54) is 12.8 Å². The number of rotatable bonds is 2. The molecule has 98 valence electrons. The topological polar surface area (TPSA) is 42.0 Å². The first-order valence-corrected chi connectivity index (χ1v) is 7.58. The Morgan fingerprint density at radius 2 is 2.00 bits per heavy atom. The molecule has 0 spiro atoms. The minimum Gasteiger partial charge on any atom is -0.348 e. The Kier molecular flexibility index (Phi) is 4.59. The van der Waals surface area contributed by atoms with Crippen LogP contribution in [-0.4, -0.2) is 16.9 Å². The SMILES string of the molecule is Cc1nc(C(=O)N[C@H]2CC[C@H](C)CC2)ccc1I. The Bertz CT molecular complexity index is 439. The van der Waals surface area contributed by atoms with E-state index in [1.54, 1.807) is 6.07 Å². The Morgan fingerprint density at radius 3 is 2.61 bits per heavy atom. The first-order valence-electron chi connectivity index (χ1n) is 6.50. The smallest absolute Gasteiger partial charge is 0.270 e. The molecular weight excluding hydrogens is 339 g/mol. The summed E-state index contributed by atoms with van der Waals surface area (Å²) in [7, 11) is 0. The highest BCUT2D eigenvalue weighted by Gasteiger charge is 2.20. The van der Waals surface area contributed by atoms with Crippen molar-refractivity contribution in [3.8, 4) is 0 Å². The van der Waals surface area contributed by atoms with Gasteiger partial charge in [-0.15, -0.1) is 0 Å². The van der Waals surface area contributed by atoms with Crippen molar-refractivity contribution in [3.05, 3.63) is 27.1 Å². The van der Waals surface area contributed by atoms with E-state index in [0.717, 1.165) is 28.0 Å². The average Bonchev–Trinajstić information content (AvgIpc) is 2.35. The number of amides is 1. The standard InChI is InChI=1S/C14H19IN2O/c1-9-3-5-11(6-4-9)17-14(18)13-8-7-12(15)10(2)16-13/h7-9,11H,3-6H2,1-2H3,(H,17,18)/t9-,11-. The zero-order valence-corrected chi connectivity index (χ0v) is 13.0. The van der Waals surface area contributed by atoms with E-state index in [9.17, 15) is 4.79 Å². The lowest BCUT2D eigenvalue weighted by molar-refractivity contribution is 0.0917. The molecule has 1 fully saturated rings. The van der Waals surface area contributed by atoms with E-state index in [0.29, 0.717) is 11.7 Å². The Morgan fingerprint density at radius 1 is 1.33 bits per heavy atom. The van der Waals surface area contributed by atoms with Crippen LogP contribution in [0, 0.1) is 16.4 Å². The van der Waals surface area contributed by atoms with Crippen LogP contribution in [0.2, 0.25) is 0 Å². The second kappa shape index (κ2) is 5.99. The summed E-state index contributed by atoms with van der Waals surface area (Å²) in [6, 6.07) is 4.08. The molecule has 0 unspecified atom stereocenters. The highest BCUT2D eigenvalue weighted by molar-refractivity contribution is 14.1. The van der Waals surface area contributed by atoms with E-state index in [2.05, 4.69) is 39.8 Å². The van der Waals surface area contributed by atoms with Gasteiger partial charge in [-0.05, 0) is 73.2 Å². The zero-order chi connectivity index (χ0) is 13.1. The highest BCUT2D eigenvalue weighted by Crippen LogP contribution is 2.23. The fourth-order valence-electron chi connectivity index (χ4n) is 2.33. The number of nitrogens with one attached hydrogen (secondary N) is 1. The molecule has 1 aliphatic rings. The van der Waals surface area contributed by atoms with Crippen LogP contribution in [-0.2, 0) is 0 Å². The van der Waals surface area contributed by atoms with Crippen LogP contribution >= 0.6 is 22.6 Å². The van der Waals surface area contributed by atoms with Gasteiger partial charge in [-0.3, -0.25) is 4.79 Å². The minimum absolute atomic E-state index is 0.0333. The van der Waals surface area contributed by atoms with Gasteiger partial charge in [0.1, 0.15) is 5.69 Å². The van der Waals surface area contributed by atoms with Crippen molar-refractivity contribution in [1.82, 2.24) is 10.3 Å². The number of hydrogen-bond acceptors (Lipinski definition) is 2. The monoisotopic (exact) mass is 358 g/mol. The Balaban J connectivity index is 1.97. The summed E-state index contributed by atoms with van der Waals surface area (Å²) in [6.45, 7) is 4.21. The molecule has 3 nitrogen and oxygen atoms in total. The molecule has 1 aromatic heterocycles. The van der Waals surface area contributed by atoms with Gasteiger partial charge in [0.2, 0.25) is 0 Å². The number of carbonyl (C=O) groups is 1. The molecule has 0 radical (unpaired) electrons. The van der Waals surface area contributed by atoms with Crippen molar-refractivity contribution in [3.63, 3.8) is 0 Å². The van der Waals surface area contributed by atoms with Gasteiger partial charge in [0.25, 0.3) is 5.91 Å². The van der Waals surface area contributed by atoms with Crippen LogP contribution in [0.25, 0.3) is 0 Å². The van der Waals surface area contributed by atoms with E-state index in [1.807, 2.05) is 13.0 Å². The van der Waals surface area contributed by atoms with Gasteiger partial charge in [-0.2, -0.15) is 0 Å². The van der Waals surface area contributed by atoms with Crippen molar-refractivity contribution in [1.29, 1.82) is 0 Å². The maximum Gasteiger partial charge on any atom is 0.270 e. The quantitative estimate of drug-likeness (QED) is 0.825. The average molecular weight is 358 g/mol. The molecule has 1 aliphatic carbocycles. The fourth-order valence-corrected chi connectivity index (χ4v) is 2.63. The number of hydrogen-bond donors (Lipinski definition) is 1. The van der Waals surface area contributed by atoms with Crippen molar-refractivity contribution in [2.75, 3.05) is 0 Å². The number of halogens is 1. The number of carbonyl (C=O) groups excluding carboxylic acids is 1. The Hall–Kier alpha value is -0.650. The zero-order valence-electron chi connectivity index (χ0n) is 10.9. The van der Waals surface area contributed by atoms with Crippen molar-refractivity contribution in [2.24, 2.45) is 5.92 Å². The third-order valence-corrected chi connectivity index (χ3v) is 4.75. The molecule has 18 heavy (non-hydrogen) atoms. The predicted molar refractivity (Wildman–Crippen MR) is 80.6 cm³/mol. The molecule has 4 heteroatoms. The summed E-state index contributed by atoms with van der Waals surface area (Å²) in [5.74, 6) is 0.769. The minimum atomic E-state index is -0.0333. The third-order valence-electron chi connectivity index (χ3n) is 3.61. The number of aromatic nitrogens is 1. The van der Waals surface area contributed by atoms with Gasteiger partial charge >= 0.3 is 0 Å². The second-order valence-electron chi connectivity index (χ2n) is 5.19. The summed E-state index contributed by atoms with van der Waals surface area (Å²) in [4.78, 5) is 16.4. The lowest BCUT2D eigenvalue weighted by atomic mass is 9.87. The lowest BCUT2D eigenvalue weighted by Gasteiger charge is -2.26. The van der Waals surface area contributed by atoms with Crippen molar-refractivity contribution in [2.45, 2.75) is 45.6 Å². The molecule has 0 bridgehead atoms. The summed E-state index contributed by atoms with van der Waals surface area (Å²) in [6.07, 6.45) is 4.61. The Labute approximate surface area is 122 Å². The number of nitrogens with zero attached hydrogens (tertiary/aromatic N) is 1. The van der Waals surface area contributed by atoms with E-state index >= 15 is 0 Å². The highest BCUT2D eigenvalue weighted by atomic mass is 127. The summed E-state index contributed by atoms with van der Waals surface area (Å²) in [5, 5.41) is 3.10. The molecule has 1 saturated carbocycles. The molecule has 1 amide bonds. The van der Waals surface area contributed by atoms with Gasteiger partial charge in [0, 0.05) is 9.61 Å². The van der Waals surface area contributed by atoms with Crippen LogP contribution in [0.5, 0.6) is 0 Å². The molecule has 0 saturated heterocycles. The first-order chi connectivity index (χ1) is 8.56. The molecule has 2 rings (SSSR count). The fraction of sp³-hybridized carbons (Fsp3) is 0.571. The largest absolute Gasteiger partial charge is 0.348 e. The number of aryl methyl sites for hydroxylation is 1. The molecule has 0 atom stereocenters. The third kappa shape index (κ3) is 3.43. The maximum atomic E-state index is 12.1. The molecule has 0 aromatic carbocycles. The number of pyridine rings is 1. The van der Waals surface area contributed by atoms with Crippen LogP contribution in [0.3, 0.4) is 0 Å². The molecule has 1 heterocycles. The van der Waals surface area contributed by atoms with E-state index < -0.39 is 0 Å². The van der Waals surface area contributed by atoms with E-state index in [4.69, 9.17) is 0 Å². The van der Waals surface area contributed by atoms with Crippen LogP contribution in [0.4, 0.5) is 0 Å². The van der Waals surface area contributed by atoms with Gasteiger partial charge in [0.15, 0.2) is 0 Å². The predicted octanol–water partition coefficient (Wildman–Crippen LogP) is 3.30. The summed E-state index contributed by atoms with van der Waals surface area (Å²) < 4.78 is 1.09. The summed E-state index contributed by atoms with van der Waals surface area (Å²) in [5.41, 5.74) is 1.45. The van der Waals surface area contributed by atoms with Crippen LogP contribution in [0.1, 0.15) is 48.8 Å². The van der Waals surface area contributed by atoms with E-state index in [-0.39, 0.29) is 5.91 Å². The maximum absolute atomic E-state index is 12.1. The first kappa shape index (κ1) is 13.8. The van der Waals surface area contributed by atoms with Crippen LogP contribution < -0.4 is 5.32 Å². The van der Waals surface area contributed by atoms with Gasteiger partial charge in [-0.25, -0.2) is 4.98 Å². The second-order valence-corrected chi connectivity index (χ2v) is 6.36. The lowest BCUT2D eigenvalue weighted by Crippen LogP contribution is -2.37. The van der Waals surface area contributed by atoms with Crippen LogP contribution in [0.15, 0.2) is 12.1 Å². The molecular formula is C14H19IN2O. The molecule has 1 N–H and O–H groups in total. The van der Waals surface area contributed by atoms with Gasteiger partial charge < -0.3 is 5.32 Å². The van der Waals surface area contributed by atoms with Crippen molar-refractivity contribution >= 4 is 28.5 Å².